The summed E-state index contributed by atoms with van der Waals surface area (Å²) in [5, 5.41) is 17.6. The van der Waals surface area contributed by atoms with Crippen molar-refractivity contribution in [3.05, 3.63) is 29.1 Å². The molecule has 0 aromatic carbocycles. The number of nitriles is 1. The minimum atomic E-state index is -0.597. The highest BCUT2D eigenvalue weighted by Gasteiger charge is 2.20. The highest BCUT2D eigenvalue weighted by molar-refractivity contribution is 8.00. The summed E-state index contributed by atoms with van der Waals surface area (Å²) in [5.74, 6) is -0.817. The Morgan fingerprint density at radius 3 is 2.81 bits per heavy atom. The number of anilines is 1. The number of aromatic nitrogens is 3. The van der Waals surface area contributed by atoms with Crippen LogP contribution in [0.2, 0.25) is 0 Å². The standard InChI is InChI=1S/C16H18N6O4S/c1-5-25-16(24)11-6-10(2)18-15(12(11)7-17)27-9-13(23)19-14-8-22(20-26-14)21(3)4/h6,8H,5,9H2,1-4H3/p+1. The molecule has 10 nitrogen and oxygen atoms in total. The third-order valence-corrected chi connectivity index (χ3v) is 4.16. The molecule has 0 radical (unpaired) electrons. The van der Waals surface area contributed by atoms with Crippen molar-refractivity contribution in [2.24, 2.45) is 0 Å². The van der Waals surface area contributed by atoms with Crippen molar-refractivity contribution < 1.29 is 23.6 Å². The fourth-order valence-corrected chi connectivity index (χ4v) is 2.86. The Morgan fingerprint density at radius 2 is 2.22 bits per heavy atom. The number of amides is 1. The predicted molar refractivity (Wildman–Crippen MR) is 95.8 cm³/mol. The van der Waals surface area contributed by atoms with Gasteiger partial charge in [0.1, 0.15) is 11.1 Å². The molecule has 1 N–H and O–H groups in total. The molecule has 0 aliphatic carbocycles. The average molecular weight is 391 g/mol. The minimum absolute atomic E-state index is 0.0317. The van der Waals surface area contributed by atoms with E-state index in [-0.39, 0.29) is 40.3 Å². The summed E-state index contributed by atoms with van der Waals surface area (Å²) in [6, 6.07) is 3.46. The van der Waals surface area contributed by atoms with Gasteiger partial charge in [0.2, 0.25) is 11.2 Å². The van der Waals surface area contributed by atoms with Gasteiger partial charge in [-0.3, -0.25) is 14.6 Å². The van der Waals surface area contributed by atoms with Gasteiger partial charge in [-0.25, -0.2) is 9.78 Å². The number of esters is 1. The van der Waals surface area contributed by atoms with Gasteiger partial charge in [0.15, 0.2) is 0 Å². The van der Waals surface area contributed by atoms with E-state index in [9.17, 15) is 14.9 Å². The third kappa shape index (κ3) is 5.18. The Balaban J connectivity index is 2.11. The maximum absolute atomic E-state index is 12.1. The zero-order chi connectivity index (χ0) is 20.0. The first-order valence-electron chi connectivity index (χ1n) is 7.93. The van der Waals surface area contributed by atoms with E-state index in [1.165, 1.54) is 17.1 Å². The monoisotopic (exact) mass is 391 g/mol. The van der Waals surface area contributed by atoms with Gasteiger partial charge in [-0.2, -0.15) is 10.3 Å². The molecule has 27 heavy (non-hydrogen) atoms. The largest absolute Gasteiger partial charge is 0.462 e. The predicted octanol–water partition coefficient (Wildman–Crippen LogP) is 0.642. The number of pyridine rings is 1. The van der Waals surface area contributed by atoms with Crippen LogP contribution in [0.3, 0.4) is 0 Å². The minimum Gasteiger partial charge on any atom is -0.462 e. The zero-order valence-corrected chi connectivity index (χ0v) is 16.2. The van der Waals surface area contributed by atoms with Crippen LogP contribution in [-0.4, -0.2) is 48.6 Å². The van der Waals surface area contributed by atoms with Crippen LogP contribution in [0, 0.1) is 18.3 Å². The Bertz CT molecular complexity index is 890. The van der Waals surface area contributed by atoms with Crippen molar-refractivity contribution in [1.29, 1.82) is 5.26 Å². The number of nitrogens with one attached hydrogen (secondary N) is 1. The first kappa shape index (κ1) is 20.2. The summed E-state index contributed by atoms with van der Waals surface area (Å²) in [7, 11) is 3.52. The van der Waals surface area contributed by atoms with E-state index in [1.807, 2.05) is 6.07 Å². The Morgan fingerprint density at radius 1 is 1.48 bits per heavy atom. The van der Waals surface area contributed by atoms with Gasteiger partial charge in [0.05, 0.1) is 42.4 Å². The topological polar surface area (TPSA) is 125 Å². The average Bonchev–Trinajstić information content (AvgIpc) is 3.08. The maximum atomic E-state index is 12.1. The van der Waals surface area contributed by atoms with Gasteiger partial charge in [-0.15, -0.1) is 0 Å². The van der Waals surface area contributed by atoms with Crippen LogP contribution in [0.5, 0.6) is 0 Å². The van der Waals surface area contributed by atoms with Crippen LogP contribution in [0.4, 0.5) is 5.88 Å². The van der Waals surface area contributed by atoms with Gasteiger partial charge in [0, 0.05) is 5.69 Å². The molecule has 2 aromatic heterocycles. The lowest BCUT2D eigenvalue weighted by Gasteiger charge is -2.09. The van der Waals surface area contributed by atoms with Crippen molar-refractivity contribution in [3.63, 3.8) is 0 Å². The number of aryl methyl sites for hydroxylation is 1. The molecule has 2 aromatic rings. The van der Waals surface area contributed by atoms with Crippen molar-refractivity contribution in [3.8, 4) is 6.07 Å². The summed E-state index contributed by atoms with van der Waals surface area (Å²) in [5.41, 5.74) is 0.765. The number of carbonyl (C=O) groups excluding carboxylic acids is 2. The molecule has 2 rings (SSSR count). The van der Waals surface area contributed by atoms with E-state index in [1.54, 1.807) is 33.0 Å². The van der Waals surface area contributed by atoms with E-state index in [0.29, 0.717) is 5.69 Å². The molecule has 0 saturated heterocycles. The van der Waals surface area contributed by atoms with E-state index in [0.717, 1.165) is 11.8 Å². The van der Waals surface area contributed by atoms with Crippen LogP contribution in [0.1, 0.15) is 28.5 Å². The van der Waals surface area contributed by atoms with Crippen LogP contribution in [-0.2, 0) is 9.53 Å². The summed E-state index contributed by atoms with van der Waals surface area (Å²) in [4.78, 5) is 29.8. The second kappa shape index (κ2) is 9.00. The van der Waals surface area contributed by atoms with Gasteiger partial charge in [-0.1, -0.05) is 11.8 Å². The molecular formula is C16H19N6O4S+. The lowest BCUT2D eigenvalue weighted by atomic mass is 10.1. The summed E-state index contributed by atoms with van der Waals surface area (Å²) in [6.45, 7) is 3.57. The van der Waals surface area contributed by atoms with Crippen LogP contribution in [0.25, 0.3) is 0 Å². The van der Waals surface area contributed by atoms with E-state index >= 15 is 0 Å². The summed E-state index contributed by atoms with van der Waals surface area (Å²) >= 11 is 1.04. The van der Waals surface area contributed by atoms with E-state index in [2.05, 4.69) is 15.6 Å². The fraction of sp³-hybridized carbons (Fsp3) is 0.375. The Labute approximate surface area is 160 Å². The maximum Gasteiger partial charge on any atom is 0.339 e. The second-order valence-electron chi connectivity index (χ2n) is 5.49. The van der Waals surface area contributed by atoms with E-state index in [4.69, 9.17) is 9.26 Å². The first-order valence-corrected chi connectivity index (χ1v) is 8.92. The molecule has 0 aliphatic rings. The molecule has 0 fully saturated rings. The molecular weight excluding hydrogens is 372 g/mol. The van der Waals surface area contributed by atoms with Crippen molar-refractivity contribution in [1.82, 2.24) is 10.3 Å². The molecule has 0 unspecified atom stereocenters. The number of carbonyl (C=O) groups is 2. The van der Waals surface area contributed by atoms with Crippen molar-refractivity contribution in [2.45, 2.75) is 18.9 Å². The second-order valence-corrected chi connectivity index (χ2v) is 6.46. The van der Waals surface area contributed by atoms with Crippen LogP contribution in [0.15, 0.2) is 21.8 Å². The highest BCUT2D eigenvalue weighted by atomic mass is 32.2. The quantitative estimate of drug-likeness (QED) is 0.411. The Kier molecular flexibility index (Phi) is 6.73. The van der Waals surface area contributed by atoms with Crippen LogP contribution < -0.4 is 15.1 Å². The fourth-order valence-electron chi connectivity index (χ4n) is 2.02. The lowest BCUT2D eigenvalue weighted by molar-refractivity contribution is -0.753. The zero-order valence-electron chi connectivity index (χ0n) is 15.3. The summed E-state index contributed by atoms with van der Waals surface area (Å²) in [6.07, 6.45) is 1.51. The summed E-state index contributed by atoms with van der Waals surface area (Å²) < 4.78 is 9.97. The molecule has 0 bridgehead atoms. The molecule has 0 aliphatic heterocycles. The lowest BCUT2D eigenvalue weighted by Crippen LogP contribution is -2.53. The van der Waals surface area contributed by atoms with Crippen molar-refractivity contribution in [2.75, 3.05) is 36.8 Å². The molecule has 11 heteroatoms. The number of nitrogens with zero attached hydrogens (tertiary/aromatic N) is 5. The number of hydrogen-bond donors (Lipinski definition) is 1. The van der Waals surface area contributed by atoms with Gasteiger partial charge in [-0.05, 0) is 19.9 Å². The number of hydrogen-bond acceptors (Lipinski definition) is 9. The molecule has 0 saturated carbocycles. The highest BCUT2D eigenvalue weighted by Crippen LogP contribution is 2.24. The van der Waals surface area contributed by atoms with Gasteiger partial charge < -0.3 is 4.74 Å². The Hall–Kier alpha value is -3.13. The number of ether oxygens (including phenoxy) is 1. The number of rotatable bonds is 7. The van der Waals surface area contributed by atoms with Crippen LogP contribution >= 0.6 is 11.8 Å². The first-order chi connectivity index (χ1) is 12.8. The molecule has 2 heterocycles. The molecule has 0 atom stereocenters. The normalized spacial score (nSPS) is 10.2. The molecule has 0 spiro atoms. The molecule has 142 valence electrons. The molecule has 1 amide bonds. The van der Waals surface area contributed by atoms with Crippen molar-refractivity contribution >= 4 is 29.5 Å². The van der Waals surface area contributed by atoms with E-state index < -0.39 is 5.97 Å². The number of thioether (sulfide) groups is 1. The van der Waals surface area contributed by atoms with Gasteiger partial charge in [0.25, 0.3) is 6.20 Å². The van der Waals surface area contributed by atoms with Gasteiger partial charge >= 0.3 is 11.9 Å². The SMILES string of the molecule is CCOC(=O)c1cc(C)nc(SCC(=O)Nc2c[n+](N(C)C)no2)c1C#N. The smallest absolute Gasteiger partial charge is 0.339 e. The third-order valence-electron chi connectivity index (χ3n) is 3.19.